The molecule has 2 fully saturated rings. The maximum atomic E-state index is 13.4. The molecule has 14 nitrogen and oxygen atoms in total. The van der Waals surface area contributed by atoms with Crippen LogP contribution >= 0.6 is 0 Å². The Morgan fingerprint density at radius 3 is 1.12 bits per heavy atom. The predicted octanol–water partition coefficient (Wildman–Crippen LogP) is 18.0. The SMILES string of the molecule is CC/C=C\C/C=C\C/C=C\C/C=C\C/C=C\C/C=C\C/C=C\C/C=C\CCCCCCCCCCC(=O)NC(COC1OC(CO)C(OC2OC(CO)C(O)C(O)C2O)C(O)C1O)C(O)/C=C/CC/C=C/CCCCCCCCCCCCCCCCCCCCCCCCCCC. The van der Waals surface area contributed by atoms with Crippen LogP contribution in [0.15, 0.2) is 122 Å². The van der Waals surface area contributed by atoms with Gasteiger partial charge in [-0.05, 0) is 96.3 Å². The summed E-state index contributed by atoms with van der Waals surface area (Å²) in [6.45, 7) is 2.69. The van der Waals surface area contributed by atoms with Gasteiger partial charge < -0.3 is 65.1 Å². The minimum absolute atomic E-state index is 0.256. The van der Waals surface area contributed by atoms with Crippen LogP contribution in [0.5, 0.6) is 0 Å². The zero-order valence-electron chi connectivity index (χ0n) is 61.7. The molecular formula is C84H145NO13. The molecule has 0 aromatic heterocycles. The number of ether oxygens (including phenoxy) is 4. The first kappa shape index (κ1) is 90.5. The van der Waals surface area contributed by atoms with Crippen LogP contribution in [0.1, 0.15) is 309 Å². The van der Waals surface area contributed by atoms with Crippen LogP contribution in [0.3, 0.4) is 0 Å². The molecule has 14 heteroatoms. The highest BCUT2D eigenvalue weighted by atomic mass is 16.7. The predicted molar refractivity (Wildman–Crippen MR) is 405 cm³/mol. The number of carbonyl (C=O) groups is 1. The molecule has 2 heterocycles. The van der Waals surface area contributed by atoms with E-state index < -0.39 is 86.8 Å². The second-order valence-electron chi connectivity index (χ2n) is 27.4. The van der Waals surface area contributed by atoms with Crippen molar-refractivity contribution in [1.29, 1.82) is 0 Å². The third-order valence-corrected chi connectivity index (χ3v) is 18.6. The number of hydrogen-bond donors (Lipinski definition) is 9. The maximum absolute atomic E-state index is 13.4. The lowest BCUT2D eigenvalue weighted by Crippen LogP contribution is -2.65. The fraction of sp³-hybridized carbons (Fsp3) is 0.750. The summed E-state index contributed by atoms with van der Waals surface area (Å²) in [7, 11) is 0. The Morgan fingerprint density at radius 1 is 0.378 bits per heavy atom. The van der Waals surface area contributed by atoms with Crippen LogP contribution in [0.4, 0.5) is 0 Å². The van der Waals surface area contributed by atoms with Crippen molar-refractivity contribution in [1.82, 2.24) is 5.32 Å². The Bertz CT molecular complexity index is 2110. The molecule has 0 aromatic carbocycles. The minimum Gasteiger partial charge on any atom is -0.394 e. The van der Waals surface area contributed by atoms with Crippen LogP contribution in [0, 0.1) is 0 Å². The number of carbonyl (C=O) groups excluding carboxylic acids is 1. The van der Waals surface area contributed by atoms with E-state index in [-0.39, 0.29) is 18.9 Å². The number of allylic oxidation sites excluding steroid dienone is 19. The molecule has 2 saturated heterocycles. The number of nitrogens with one attached hydrogen (secondary N) is 1. The number of rotatable bonds is 65. The molecule has 0 spiro atoms. The standard InChI is InChI=1S/C84H145NO13/c1-3-5-7-9-11-13-15-17-19-21-23-25-27-29-31-33-35-36-38-40-42-44-46-48-50-52-54-56-58-60-62-64-66-68-76(89)85-72(71-95-83-81(94)79(92)82(75(70-87)97-83)98-84-80(93)78(91)77(90)74(69-86)96-84)73(88)67-65-63-61-59-57-55-53-51-49-47-45-43-41-39-37-34-32-30-28-26-24-22-20-18-16-14-12-10-8-6-4-2/h5,7,11,13,17,19,23,25,29,31,35-36,40,42,46,48,57,59,65,67,72-75,77-84,86-88,90-94H,3-4,6,8-10,12,14-16,18,20-22,24,26-28,30,32-34,37-39,41,43-45,47,49-56,58,60-64,66,68-71H2,1-2H3,(H,85,89)/b7-5-,13-11-,19-17-,25-23-,31-29-,36-35-,42-40-,48-46-,59-57+,67-65+. The molecule has 98 heavy (non-hydrogen) atoms. The third kappa shape index (κ3) is 49.1. The summed E-state index contributed by atoms with van der Waals surface area (Å²) in [6.07, 6.45) is 81.3. The van der Waals surface area contributed by atoms with Gasteiger partial charge in [0.05, 0.1) is 32.0 Å². The van der Waals surface area contributed by atoms with E-state index in [2.05, 4.69) is 129 Å². The lowest BCUT2D eigenvalue weighted by Gasteiger charge is -2.46. The Hall–Kier alpha value is -3.61. The molecule has 0 saturated carbocycles. The second-order valence-corrected chi connectivity index (χ2v) is 27.4. The molecule has 12 atom stereocenters. The Morgan fingerprint density at radius 2 is 0.714 bits per heavy atom. The smallest absolute Gasteiger partial charge is 0.220 e. The summed E-state index contributed by atoms with van der Waals surface area (Å²) >= 11 is 0. The molecule has 0 bridgehead atoms. The van der Waals surface area contributed by atoms with Crippen molar-refractivity contribution in [3.05, 3.63) is 122 Å². The van der Waals surface area contributed by atoms with Gasteiger partial charge in [0.1, 0.15) is 48.8 Å². The molecule has 0 radical (unpaired) electrons. The van der Waals surface area contributed by atoms with E-state index in [9.17, 15) is 45.6 Å². The van der Waals surface area contributed by atoms with E-state index in [4.69, 9.17) is 18.9 Å². The first-order valence-corrected chi connectivity index (χ1v) is 39.8. The summed E-state index contributed by atoms with van der Waals surface area (Å²) in [5, 5.41) is 87.6. The third-order valence-electron chi connectivity index (χ3n) is 18.6. The van der Waals surface area contributed by atoms with Crippen molar-refractivity contribution >= 4 is 5.91 Å². The molecule has 2 aliphatic rings. The molecule has 2 aliphatic heterocycles. The van der Waals surface area contributed by atoms with E-state index in [0.717, 1.165) is 96.3 Å². The van der Waals surface area contributed by atoms with Gasteiger partial charge in [-0.1, -0.05) is 328 Å². The highest BCUT2D eigenvalue weighted by Crippen LogP contribution is 2.30. The van der Waals surface area contributed by atoms with Crippen LogP contribution in [0.2, 0.25) is 0 Å². The number of amides is 1. The first-order valence-electron chi connectivity index (χ1n) is 39.8. The quantitative estimate of drug-likeness (QED) is 0.0204. The average molecular weight is 1380 g/mol. The van der Waals surface area contributed by atoms with Crippen LogP contribution in [-0.2, 0) is 23.7 Å². The summed E-state index contributed by atoms with van der Waals surface area (Å²) < 4.78 is 22.9. The average Bonchev–Trinajstić information content (AvgIpc) is 0.793. The van der Waals surface area contributed by atoms with Gasteiger partial charge in [-0.2, -0.15) is 0 Å². The van der Waals surface area contributed by atoms with Gasteiger partial charge in [-0.3, -0.25) is 4.79 Å². The molecule has 564 valence electrons. The Kier molecular flexibility index (Phi) is 61.5. The molecule has 0 aliphatic carbocycles. The van der Waals surface area contributed by atoms with E-state index in [1.54, 1.807) is 6.08 Å². The fourth-order valence-electron chi connectivity index (χ4n) is 12.4. The Balaban J connectivity index is 1.66. The van der Waals surface area contributed by atoms with Gasteiger partial charge in [0.25, 0.3) is 0 Å². The van der Waals surface area contributed by atoms with Crippen molar-refractivity contribution in [2.75, 3.05) is 19.8 Å². The van der Waals surface area contributed by atoms with Crippen LogP contribution in [0.25, 0.3) is 0 Å². The van der Waals surface area contributed by atoms with Crippen molar-refractivity contribution in [3.63, 3.8) is 0 Å². The van der Waals surface area contributed by atoms with Gasteiger partial charge in [0, 0.05) is 6.42 Å². The summed E-state index contributed by atoms with van der Waals surface area (Å²) in [6, 6.07) is -0.947. The second kappa shape index (κ2) is 66.6. The highest BCUT2D eigenvalue weighted by Gasteiger charge is 2.51. The van der Waals surface area contributed by atoms with E-state index in [1.807, 2.05) is 6.08 Å². The molecule has 1 amide bonds. The molecule has 0 aromatic rings. The first-order chi connectivity index (χ1) is 48.1. The molecule has 9 N–H and O–H groups in total. The summed E-state index contributed by atoms with van der Waals surface area (Å²) in [5.74, 6) is -0.260. The summed E-state index contributed by atoms with van der Waals surface area (Å²) in [5.41, 5.74) is 0. The van der Waals surface area contributed by atoms with Gasteiger partial charge in [-0.25, -0.2) is 0 Å². The molecule has 2 rings (SSSR count). The minimum atomic E-state index is -1.80. The van der Waals surface area contributed by atoms with E-state index in [0.29, 0.717) is 12.8 Å². The number of aliphatic hydroxyl groups excluding tert-OH is 8. The Labute approximate surface area is 597 Å². The largest absolute Gasteiger partial charge is 0.394 e. The summed E-state index contributed by atoms with van der Waals surface area (Å²) in [4.78, 5) is 13.4. The number of aliphatic hydroxyl groups is 8. The molecular weight excluding hydrogens is 1230 g/mol. The highest BCUT2D eigenvalue weighted by molar-refractivity contribution is 5.76. The fourth-order valence-corrected chi connectivity index (χ4v) is 12.4. The zero-order valence-corrected chi connectivity index (χ0v) is 61.7. The zero-order chi connectivity index (χ0) is 70.8. The van der Waals surface area contributed by atoms with Gasteiger partial charge in [-0.15, -0.1) is 0 Å². The maximum Gasteiger partial charge on any atom is 0.220 e. The van der Waals surface area contributed by atoms with E-state index in [1.165, 1.54) is 180 Å². The lowest BCUT2D eigenvalue weighted by molar-refractivity contribution is -0.359. The van der Waals surface area contributed by atoms with Gasteiger partial charge >= 0.3 is 0 Å². The monoisotopic (exact) mass is 1380 g/mol. The van der Waals surface area contributed by atoms with Crippen molar-refractivity contribution < 1.29 is 64.6 Å². The van der Waals surface area contributed by atoms with Crippen molar-refractivity contribution in [2.24, 2.45) is 0 Å². The molecule has 12 unspecified atom stereocenters. The van der Waals surface area contributed by atoms with E-state index >= 15 is 0 Å². The van der Waals surface area contributed by atoms with Gasteiger partial charge in [0.15, 0.2) is 12.6 Å². The lowest BCUT2D eigenvalue weighted by atomic mass is 9.97. The topological polar surface area (TPSA) is 228 Å². The van der Waals surface area contributed by atoms with Crippen LogP contribution < -0.4 is 5.32 Å². The normalized spacial score (nSPS) is 22.7. The number of hydrogen-bond acceptors (Lipinski definition) is 13. The van der Waals surface area contributed by atoms with Crippen molar-refractivity contribution in [3.8, 4) is 0 Å². The van der Waals surface area contributed by atoms with Crippen LogP contribution in [-0.4, -0.2) is 140 Å². The number of unbranched alkanes of at least 4 members (excludes halogenated alkanes) is 34. The van der Waals surface area contributed by atoms with Crippen molar-refractivity contribution in [2.45, 2.75) is 383 Å². The van der Waals surface area contributed by atoms with Gasteiger partial charge in [0.2, 0.25) is 5.91 Å².